The van der Waals surface area contributed by atoms with E-state index in [0.29, 0.717) is 0 Å². The van der Waals surface area contributed by atoms with Gasteiger partial charge >= 0.3 is 0 Å². The predicted octanol–water partition coefficient (Wildman–Crippen LogP) is 1.95. The Bertz CT molecular complexity index is 1010. The number of hydrogen-bond donors (Lipinski definition) is 3. The average molecular weight is 402 g/mol. The molecule has 3 aromatic rings. The van der Waals surface area contributed by atoms with E-state index in [2.05, 4.69) is 5.32 Å². The first-order valence-electron chi connectivity index (χ1n) is 9.13. The van der Waals surface area contributed by atoms with Crippen molar-refractivity contribution >= 4 is 10.0 Å². The molecule has 0 aliphatic carbocycles. The minimum absolute atomic E-state index is 0.129. The molecule has 0 fully saturated rings. The van der Waals surface area contributed by atoms with Crippen LogP contribution in [0.25, 0.3) is 11.3 Å². The smallest absolute Gasteiger partial charge is 0.238 e. The molecule has 0 saturated heterocycles. The van der Waals surface area contributed by atoms with Gasteiger partial charge in [-0.25, -0.2) is 13.6 Å². The highest BCUT2D eigenvalue weighted by molar-refractivity contribution is 7.89. The number of nitrogens with two attached hydrogens (primary N) is 2. The molecule has 0 radical (unpaired) electrons. The summed E-state index contributed by atoms with van der Waals surface area (Å²) >= 11 is 0. The predicted molar refractivity (Wildman–Crippen MR) is 107 cm³/mol. The molecule has 0 aliphatic rings. The van der Waals surface area contributed by atoms with Crippen molar-refractivity contribution in [3.8, 4) is 11.3 Å². The first-order valence-corrected chi connectivity index (χ1v) is 10.7. The lowest BCUT2D eigenvalue weighted by molar-refractivity contribution is -0.671. The Morgan fingerprint density at radius 3 is 2.32 bits per heavy atom. The second-order valence-electron chi connectivity index (χ2n) is 6.78. The number of furan rings is 1. The van der Waals surface area contributed by atoms with E-state index in [0.717, 1.165) is 47.7 Å². The van der Waals surface area contributed by atoms with Crippen LogP contribution in [0.1, 0.15) is 29.9 Å². The zero-order chi connectivity index (χ0) is 20.1. The maximum Gasteiger partial charge on any atom is 0.238 e. The Morgan fingerprint density at radius 1 is 1.04 bits per heavy atom. The minimum Gasteiger partial charge on any atom is -0.455 e. The Morgan fingerprint density at radius 2 is 1.71 bits per heavy atom. The molecule has 0 unspecified atom stereocenters. The number of quaternary nitrogens is 1. The molecule has 6 nitrogen and oxygen atoms in total. The molecule has 5 N–H and O–H groups in total. The van der Waals surface area contributed by atoms with Crippen molar-refractivity contribution in [3.05, 3.63) is 77.6 Å². The lowest BCUT2D eigenvalue weighted by atomic mass is 10.1. The molecule has 7 heteroatoms. The Balaban J connectivity index is 1.49. The minimum atomic E-state index is -3.64. The lowest BCUT2D eigenvalue weighted by Crippen LogP contribution is -2.83. The average Bonchev–Trinajstić information content (AvgIpc) is 3.14. The van der Waals surface area contributed by atoms with Gasteiger partial charge in [0.05, 0.1) is 17.5 Å². The van der Waals surface area contributed by atoms with Crippen molar-refractivity contribution in [1.82, 2.24) is 0 Å². The van der Waals surface area contributed by atoms with Gasteiger partial charge in [-0.05, 0) is 42.3 Å². The van der Waals surface area contributed by atoms with Gasteiger partial charge in [0.1, 0.15) is 12.3 Å². The fourth-order valence-corrected chi connectivity index (χ4v) is 3.44. The van der Waals surface area contributed by atoms with Crippen molar-refractivity contribution in [2.75, 3.05) is 6.54 Å². The maximum atomic E-state index is 11.3. The third-order valence-electron chi connectivity index (χ3n) is 4.57. The van der Waals surface area contributed by atoms with Gasteiger partial charge < -0.3 is 14.8 Å². The third-order valence-corrected chi connectivity index (χ3v) is 5.50. The summed E-state index contributed by atoms with van der Waals surface area (Å²) in [6.45, 7) is 3.32. The monoisotopic (exact) mass is 401 g/mol. The van der Waals surface area contributed by atoms with Gasteiger partial charge in [-0.2, -0.15) is 0 Å². The van der Waals surface area contributed by atoms with Crippen LogP contribution in [-0.4, -0.2) is 20.1 Å². The molecule has 0 spiro atoms. The van der Waals surface area contributed by atoms with E-state index < -0.39 is 16.1 Å². The van der Waals surface area contributed by atoms with Crippen LogP contribution in [0.3, 0.4) is 0 Å². The molecular weight excluding hydrogens is 376 g/mol. The van der Waals surface area contributed by atoms with Crippen LogP contribution in [0.2, 0.25) is 0 Å². The molecule has 0 amide bonds. The molecule has 3 rings (SSSR count). The van der Waals surface area contributed by atoms with Crippen LogP contribution in [0.5, 0.6) is 0 Å². The van der Waals surface area contributed by atoms with E-state index in [9.17, 15) is 13.5 Å². The molecule has 0 bridgehead atoms. The summed E-state index contributed by atoms with van der Waals surface area (Å²) in [4.78, 5) is 0.129. The topological polar surface area (TPSA) is 110 Å². The number of primary sulfonamides is 1. The summed E-state index contributed by atoms with van der Waals surface area (Å²) in [6, 6.07) is 18.2. The van der Waals surface area contributed by atoms with E-state index in [1.54, 1.807) is 19.1 Å². The van der Waals surface area contributed by atoms with E-state index in [1.165, 1.54) is 12.1 Å². The molecular formula is C21H25N2O4S+. The maximum absolute atomic E-state index is 11.3. The largest absolute Gasteiger partial charge is 0.455 e. The second kappa shape index (κ2) is 8.70. The van der Waals surface area contributed by atoms with Crippen LogP contribution >= 0.6 is 0 Å². The third kappa shape index (κ3) is 5.30. The van der Waals surface area contributed by atoms with Gasteiger partial charge in [0, 0.05) is 12.0 Å². The number of benzene rings is 2. The van der Waals surface area contributed by atoms with Gasteiger partial charge in [-0.3, -0.25) is 0 Å². The summed E-state index contributed by atoms with van der Waals surface area (Å²) < 4.78 is 28.4. The SMILES string of the molecule is C[C@@H](O)c1ccc(-c2ccc(C[NH2+]CCc3ccc(S(N)(=O)=O)cc3)o2)cc1. The quantitative estimate of drug-likeness (QED) is 0.501. The zero-order valence-corrected chi connectivity index (χ0v) is 16.5. The number of hydrogen-bond acceptors (Lipinski definition) is 4. The van der Waals surface area contributed by atoms with Gasteiger partial charge in [0.25, 0.3) is 0 Å². The highest BCUT2D eigenvalue weighted by Gasteiger charge is 2.09. The normalized spacial score (nSPS) is 12.8. The summed E-state index contributed by atoms with van der Waals surface area (Å²) in [5.74, 6) is 1.69. The molecule has 1 aromatic heterocycles. The van der Waals surface area contributed by atoms with Crippen molar-refractivity contribution in [2.45, 2.75) is 30.9 Å². The molecule has 1 atom stereocenters. The summed E-state index contributed by atoms with van der Waals surface area (Å²) in [5.41, 5.74) is 2.91. The summed E-state index contributed by atoms with van der Waals surface area (Å²) in [5, 5.41) is 16.8. The second-order valence-corrected chi connectivity index (χ2v) is 8.35. The number of aliphatic hydroxyl groups is 1. The van der Waals surface area contributed by atoms with E-state index in [4.69, 9.17) is 9.56 Å². The summed E-state index contributed by atoms with van der Waals surface area (Å²) in [7, 11) is -3.64. The van der Waals surface area contributed by atoms with E-state index >= 15 is 0 Å². The fraction of sp³-hybridized carbons (Fsp3) is 0.238. The standard InChI is InChI=1S/C21H24N2O4S/c1-15(24)17-4-6-18(7-5-17)21-11-8-19(27-21)14-23-13-12-16-2-9-20(10-3-16)28(22,25)26/h2-11,15,23-24H,12-14H2,1H3,(H2,22,25,26)/p+1/t15-/m1/s1. The fourth-order valence-electron chi connectivity index (χ4n) is 2.93. The number of sulfonamides is 1. The van der Waals surface area contributed by atoms with Gasteiger partial charge in [0.2, 0.25) is 10.0 Å². The van der Waals surface area contributed by atoms with Crippen molar-refractivity contribution in [1.29, 1.82) is 0 Å². The molecule has 2 aromatic carbocycles. The zero-order valence-electron chi connectivity index (χ0n) is 15.7. The molecule has 1 heterocycles. The highest BCUT2D eigenvalue weighted by atomic mass is 32.2. The van der Waals surface area contributed by atoms with Crippen molar-refractivity contribution < 1.29 is 23.3 Å². The van der Waals surface area contributed by atoms with Crippen LogP contribution in [0, 0.1) is 0 Å². The lowest BCUT2D eigenvalue weighted by Gasteiger charge is -2.05. The Labute approximate surface area is 165 Å². The van der Waals surface area contributed by atoms with E-state index in [1.807, 2.05) is 36.4 Å². The highest BCUT2D eigenvalue weighted by Crippen LogP contribution is 2.23. The van der Waals surface area contributed by atoms with Crippen LogP contribution in [0.4, 0.5) is 0 Å². The first-order chi connectivity index (χ1) is 13.3. The van der Waals surface area contributed by atoms with Gasteiger partial charge in [0.15, 0.2) is 5.76 Å². The number of rotatable bonds is 8. The van der Waals surface area contributed by atoms with Gasteiger partial charge in [-0.15, -0.1) is 0 Å². The van der Waals surface area contributed by atoms with Crippen LogP contribution in [0.15, 0.2) is 70.0 Å². The summed E-state index contributed by atoms with van der Waals surface area (Å²) in [6.07, 6.45) is 0.339. The van der Waals surface area contributed by atoms with Crippen molar-refractivity contribution in [2.24, 2.45) is 5.14 Å². The molecule has 148 valence electrons. The van der Waals surface area contributed by atoms with Crippen molar-refractivity contribution in [3.63, 3.8) is 0 Å². The molecule has 28 heavy (non-hydrogen) atoms. The van der Waals surface area contributed by atoms with Crippen LogP contribution < -0.4 is 10.5 Å². The Hall–Kier alpha value is -2.45. The van der Waals surface area contributed by atoms with Crippen LogP contribution in [-0.2, 0) is 23.0 Å². The molecule has 0 saturated carbocycles. The number of aliphatic hydroxyl groups excluding tert-OH is 1. The van der Waals surface area contributed by atoms with Gasteiger partial charge in [-0.1, -0.05) is 36.4 Å². The Kier molecular flexibility index (Phi) is 6.31. The molecule has 0 aliphatic heterocycles. The first kappa shape index (κ1) is 20.3. The van der Waals surface area contributed by atoms with E-state index in [-0.39, 0.29) is 4.90 Å².